The predicted molar refractivity (Wildman–Crippen MR) is 123 cm³/mol. The SMILES string of the molecule is C[C@H]1CN(Cc2ccc(N(C)C(=O)c3ccc(Oc4ccc(F)cc4)nc3)cc2F)CCN1. The van der Waals surface area contributed by atoms with Gasteiger partial charge in [0.1, 0.15) is 17.4 Å². The molecule has 0 radical (unpaired) electrons. The van der Waals surface area contributed by atoms with Crippen LogP contribution in [0.25, 0.3) is 0 Å². The van der Waals surface area contributed by atoms with Crippen LogP contribution in [0.15, 0.2) is 60.8 Å². The number of ether oxygens (including phenoxy) is 1. The number of amides is 1. The van der Waals surface area contributed by atoms with Gasteiger partial charge in [-0.25, -0.2) is 13.8 Å². The molecule has 172 valence electrons. The highest BCUT2D eigenvalue weighted by atomic mass is 19.1. The highest BCUT2D eigenvalue weighted by Gasteiger charge is 2.19. The minimum atomic E-state index is -0.359. The number of carbonyl (C=O) groups is 1. The molecule has 2 aromatic carbocycles. The molecule has 33 heavy (non-hydrogen) atoms. The Hall–Kier alpha value is -3.36. The normalized spacial score (nSPS) is 16.4. The summed E-state index contributed by atoms with van der Waals surface area (Å²) in [7, 11) is 1.59. The number of pyridine rings is 1. The van der Waals surface area contributed by atoms with E-state index in [1.165, 1.54) is 41.4 Å². The summed E-state index contributed by atoms with van der Waals surface area (Å²) in [6.07, 6.45) is 1.40. The summed E-state index contributed by atoms with van der Waals surface area (Å²) in [4.78, 5) is 20.6. The smallest absolute Gasteiger partial charge is 0.259 e. The van der Waals surface area contributed by atoms with E-state index in [1.54, 1.807) is 31.3 Å². The summed E-state index contributed by atoms with van der Waals surface area (Å²) in [5.41, 5.74) is 1.41. The molecule has 1 N–H and O–H groups in total. The van der Waals surface area contributed by atoms with E-state index in [1.807, 2.05) is 0 Å². The van der Waals surface area contributed by atoms with Gasteiger partial charge in [-0.1, -0.05) is 6.07 Å². The van der Waals surface area contributed by atoms with Crippen LogP contribution >= 0.6 is 0 Å². The van der Waals surface area contributed by atoms with E-state index < -0.39 is 0 Å². The van der Waals surface area contributed by atoms with Crippen LogP contribution < -0.4 is 15.0 Å². The van der Waals surface area contributed by atoms with Gasteiger partial charge in [0.15, 0.2) is 0 Å². The highest BCUT2D eigenvalue weighted by molar-refractivity contribution is 6.05. The molecular formula is C25H26F2N4O2. The molecule has 1 atom stereocenters. The van der Waals surface area contributed by atoms with Crippen molar-refractivity contribution in [2.24, 2.45) is 0 Å². The zero-order chi connectivity index (χ0) is 23.4. The van der Waals surface area contributed by atoms with Gasteiger partial charge >= 0.3 is 0 Å². The predicted octanol–water partition coefficient (Wildman–Crippen LogP) is 4.22. The van der Waals surface area contributed by atoms with E-state index in [0.717, 1.165) is 19.6 Å². The first-order chi connectivity index (χ1) is 15.9. The Labute approximate surface area is 191 Å². The monoisotopic (exact) mass is 452 g/mol. The zero-order valence-corrected chi connectivity index (χ0v) is 18.6. The standard InChI is InChI=1S/C25H26F2N4O2/c1-17-15-31(12-11-28-17)16-19-3-7-21(13-23(19)27)30(2)25(32)18-4-10-24(29-14-18)33-22-8-5-20(26)6-9-22/h3-10,13-14,17,28H,11-12,15-16H2,1-2H3/t17-/m0/s1. The fraction of sp³-hybridized carbons (Fsp3) is 0.280. The van der Waals surface area contributed by atoms with Crippen LogP contribution in [-0.4, -0.2) is 48.5 Å². The second-order valence-corrected chi connectivity index (χ2v) is 8.17. The maximum Gasteiger partial charge on any atom is 0.259 e. The summed E-state index contributed by atoms with van der Waals surface area (Å²) in [5.74, 6) is -0.301. The summed E-state index contributed by atoms with van der Waals surface area (Å²) < 4.78 is 33.3. The average molecular weight is 453 g/mol. The summed E-state index contributed by atoms with van der Waals surface area (Å²) in [6.45, 7) is 5.28. The Balaban J connectivity index is 1.40. The van der Waals surface area contributed by atoms with Gasteiger partial charge in [-0.3, -0.25) is 9.69 Å². The first-order valence-corrected chi connectivity index (χ1v) is 10.8. The second-order valence-electron chi connectivity index (χ2n) is 8.17. The number of carbonyl (C=O) groups excluding carboxylic acids is 1. The van der Waals surface area contributed by atoms with Crippen molar-refractivity contribution < 1.29 is 18.3 Å². The molecule has 0 bridgehead atoms. The highest BCUT2D eigenvalue weighted by Crippen LogP contribution is 2.23. The lowest BCUT2D eigenvalue weighted by Crippen LogP contribution is -2.48. The molecule has 1 amide bonds. The number of nitrogens with zero attached hydrogens (tertiary/aromatic N) is 3. The van der Waals surface area contributed by atoms with Gasteiger partial charge in [-0.15, -0.1) is 0 Å². The maximum atomic E-state index is 14.8. The maximum absolute atomic E-state index is 14.8. The van der Waals surface area contributed by atoms with Crippen molar-refractivity contribution in [1.82, 2.24) is 15.2 Å². The molecule has 0 spiro atoms. The lowest BCUT2D eigenvalue weighted by atomic mass is 10.1. The van der Waals surface area contributed by atoms with Gasteiger partial charge in [-0.2, -0.15) is 0 Å². The van der Waals surface area contributed by atoms with E-state index in [4.69, 9.17) is 4.74 Å². The molecule has 2 heterocycles. The van der Waals surface area contributed by atoms with Gasteiger partial charge in [0.25, 0.3) is 5.91 Å². The largest absolute Gasteiger partial charge is 0.439 e. The molecule has 1 aliphatic rings. The number of rotatable bonds is 6. The Morgan fingerprint density at radius 1 is 1.18 bits per heavy atom. The van der Waals surface area contributed by atoms with Gasteiger partial charge in [0, 0.05) is 62.8 Å². The molecule has 6 nitrogen and oxygen atoms in total. The number of halogens is 2. The summed E-state index contributed by atoms with van der Waals surface area (Å²) in [5, 5.41) is 3.38. The van der Waals surface area contributed by atoms with Crippen molar-refractivity contribution in [3.05, 3.63) is 83.6 Å². The van der Waals surface area contributed by atoms with E-state index in [9.17, 15) is 13.6 Å². The van der Waals surface area contributed by atoms with Crippen LogP contribution in [0.4, 0.5) is 14.5 Å². The lowest BCUT2D eigenvalue weighted by Gasteiger charge is -2.32. The number of hydrogen-bond donors (Lipinski definition) is 1. The first-order valence-electron chi connectivity index (χ1n) is 10.8. The van der Waals surface area contributed by atoms with Gasteiger partial charge < -0.3 is 15.0 Å². The third-order valence-electron chi connectivity index (χ3n) is 5.59. The molecule has 1 saturated heterocycles. The quantitative estimate of drug-likeness (QED) is 0.607. The van der Waals surface area contributed by atoms with Crippen molar-refractivity contribution in [3.63, 3.8) is 0 Å². The van der Waals surface area contributed by atoms with Crippen LogP contribution in [0.3, 0.4) is 0 Å². The van der Waals surface area contributed by atoms with E-state index in [-0.39, 0.29) is 23.4 Å². The number of hydrogen-bond acceptors (Lipinski definition) is 5. The van der Waals surface area contributed by atoms with Gasteiger partial charge in [-0.05, 0) is 49.4 Å². The second kappa shape index (κ2) is 10.1. The third-order valence-corrected chi connectivity index (χ3v) is 5.59. The molecule has 0 unspecified atom stereocenters. The van der Waals surface area contributed by atoms with Gasteiger partial charge in [0.05, 0.1) is 5.56 Å². The number of piperazine rings is 1. The van der Waals surface area contributed by atoms with Crippen molar-refractivity contribution in [3.8, 4) is 11.6 Å². The summed E-state index contributed by atoms with van der Waals surface area (Å²) in [6, 6.07) is 14.0. The number of aromatic nitrogens is 1. The molecule has 3 aromatic rings. The Bertz CT molecular complexity index is 1110. The summed E-state index contributed by atoms with van der Waals surface area (Å²) >= 11 is 0. The topological polar surface area (TPSA) is 57.7 Å². The van der Waals surface area contributed by atoms with E-state index in [2.05, 4.69) is 22.1 Å². The lowest BCUT2D eigenvalue weighted by molar-refractivity contribution is 0.0992. The molecular weight excluding hydrogens is 426 g/mol. The molecule has 0 saturated carbocycles. The zero-order valence-electron chi connectivity index (χ0n) is 18.6. The molecule has 1 fully saturated rings. The number of nitrogens with one attached hydrogen (secondary N) is 1. The van der Waals surface area contributed by atoms with Gasteiger partial charge in [0.2, 0.25) is 5.88 Å². The van der Waals surface area contributed by atoms with Crippen molar-refractivity contribution in [2.75, 3.05) is 31.6 Å². The van der Waals surface area contributed by atoms with Crippen molar-refractivity contribution in [1.29, 1.82) is 0 Å². The molecule has 1 aromatic heterocycles. The first kappa shape index (κ1) is 22.8. The number of anilines is 1. The fourth-order valence-corrected chi connectivity index (χ4v) is 3.77. The Kier molecular flexibility index (Phi) is 6.96. The minimum absolute atomic E-state index is 0.276. The van der Waals surface area contributed by atoms with Crippen LogP contribution in [0.2, 0.25) is 0 Å². The van der Waals surface area contributed by atoms with Crippen molar-refractivity contribution >= 4 is 11.6 Å². The van der Waals surface area contributed by atoms with Crippen LogP contribution in [0, 0.1) is 11.6 Å². The van der Waals surface area contributed by atoms with Crippen molar-refractivity contribution in [2.45, 2.75) is 19.5 Å². The molecule has 0 aliphatic carbocycles. The Morgan fingerprint density at radius 2 is 1.97 bits per heavy atom. The third kappa shape index (κ3) is 5.71. The Morgan fingerprint density at radius 3 is 2.64 bits per heavy atom. The van der Waals surface area contributed by atoms with E-state index in [0.29, 0.717) is 35.2 Å². The minimum Gasteiger partial charge on any atom is -0.439 e. The average Bonchev–Trinajstić information content (AvgIpc) is 2.81. The van der Waals surface area contributed by atoms with Crippen LogP contribution in [-0.2, 0) is 6.54 Å². The number of benzene rings is 2. The molecule has 4 rings (SSSR count). The van der Waals surface area contributed by atoms with E-state index >= 15 is 0 Å². The fourth-order valence-electron chi connectivity index (χ4n) is 3.77. The molecule has 1 aliphatic heterocycles. The van der Waals surface area contributed by atoms with Crippen LogP contribution in [0.1, 0.15) is 22.8 Å². The van der Waals surface area contributed by atoms with Crippen LogP contribution in [0.5, 0.6) is 11.6 Å². The molecule has 8 heteroatoms.